The van der Waals surface area contributed by atoms with Crippen molar-refractivity contribution in [1.82, 2.24) is 10.3 Å². The molecule has 1 heterocycles. The van der Waals surface area contributed by atoms with Crippen LogP contribution >= 0.6 is 35.4 Å². The highest BCUT2D eigenvalue weighted by molar-refractivity contribution is 7.80. The van der Waals surface area contributed by atoms with Gasteiger partial charge in [-0.05, 0) is 61.1 Å². The van der Waals surface area contributed by atoms with Gasteiger partial charge in [0, 0.05) is 21.8 Å². The molecule has 5 nitrogen and oxygen atoms in total. The van der Waals surface area contributed by atoms with Crippen LogP contribution in [-0.2, 0) is 0 Å². The SMILES string of the molecule is Cc1ccccc1C(=O)NC(=S)Nc1cccc(-c2nc3cc(Cl)cc(Cl)c3o2)c1. The van der Waals surface area contributed by atoms with E-state index in [1.807, 2.05) is 49.4 Å². The van der Waals surface area contributed by atoms with E-state index in [1.165, 1.54) is 0 Å². The summed E-state index contributed by atoms with van der Waals surface area (Å²) in [7, 11) is 0. The number of aryl methyl sites for hydroxylation is 1. The van der Waals surface area contributed by atoms with Crippen molar-refractivity contribution < 1.29 is 9.21 Å². The molecule has 8 heteroatoms. The molecule has 0 aliphatic carbocycles. The highest BCUT2D eigenvalue weighted by Gasteiger charge is 2.14. The summed E-state index contributed by atoms with van der Waals surface area (Å²) >= 11 is 17.5. The third-order valence-electron chi connectivity index (χ3n) is 4.39. The molecule has 0 spiro atoms. The van der Waals surface area contributed by atoms with Crippen molar-refractivity contribution in [2.45, 2.75) is 6.92 Å². The average molecular weight is 456 g/mol. The number of aromatic nitrogens is 1. The third kappa shape index (κ3) is 4.31. The fourth-order valence-corrected chi connectivity index (χ4v) is 3.71. The number of nitrogens with zero attached hydrogens (tertiary/aromatic N) is 1. The number of rotatable bonds is 3. The number of amides is 1. The van der Waals surface area contributed by atoms with Crippen LogP contribution < -0.4 is 10.6 Å². The van der Waals surface area contributed by atoms with E-state index in [4.69, 9.17) is 39.8 Å². The maximum absolute atomic E-state index is 12.4. The fraction of sp³-hybridized carbons (Fsp3) is 0.0455. The summed E-state index contributed by atoms with van der Waals surface area (Å²) in [6.45, 7) is 1.87. The Hall–Kier alpha value is -2.93. The first-order chi connectivity index (χ1) is 14.4. The van der Waals surface area contributed by atoms with Gasteiger partial charge in [0.05, 0.1) is 5.02 Å². The van der Waals surface area contributed by atoms with Crippen LogP contribution in [0.3, 0.4) is 0 Å². The van der Waals surface area contributed by atoms with Crippen molar-refractivity contribution in [3.63, 3.8) is 0 Å². The van der Waals surface area contributed by atoms with E-state index in [1.54, 1.807) is 18.2 Å². The van der Waals surface area contributed by atoms with Gasteiger partial charge in [0.1, 0.15) is 5.52 Å². The van der Waals surface area contributed by atoms with Crippen LogP contribution in [0, 0.1) is 6.92 Å². The molecule has 150 valence electrons. The van der Waals surface area contributed by atoms with Crippen LogP contribution in [0.15, 0.2) is 65.1 Å². The Morgan fingerprint density at radius 3 is 2.67 bits per heavy atom. The Morgan fingerprint density at radius 1 is 1.07 bits per heavy atom. The van der Waals surface area contributed by atoms with Crippen LogP contribution in [0.5, 0.6) is 0 Å². The number of hydrogen-bond donors (Lipinski definition) is 2. The topological polar surface area (TPSA) is 67.2 Å². The van der Waals surface area contributed by atoms with Crippen molar-refractivity contribution in [2.24, 2.45) is 0 Å². The van der Waals surface area contributed by atoms with E-state index in [0.29, 0.717) is 38.3 Å². The number of anilines is 1. The van der Waals surface area contributed by atoms with Crippen molar-refractivity contribution in [2.75, 3.05) is 5.32 Å². The maximum atomic E-state index is 12.4. The minimum atomic E-state index is -0.271. The van der Waals surface area contributed by atoms with Crippen LogP contribution in [0.1, 0.15) is 15.9 Å². The number of thiocarbonyl (C=S) groups is 1. The number of benzene rings is 3. The van der Waals surface area contributed by atoms with Gasteiger partial charge in [-0.2, -0.15) is 0 Å². The first-order valence-corrected chi connectivity index (χ1v) is 10.1. The monoisotopic (exact) mass is 455 g/mol. The first-order valence-electron chi connectivity index (χ1n) is 8.95. The summed E-state index contributed by atoms with van der Waals surface area (Å²) in [6, 6.07) is 17.9. The molecule has 1 amide bonds. The standard InChI is InChI=1S/C22H15Cl2N3O2S/c1-12-5-2-3-8-16(12)20(28)27-22(30)25-15-7-4-6-13(9-15)21-26-18-11-14(23)10-17(24)19(18)29-21/h2-11H,1H3,(H2,25,27,28,30). The van der Waals surface area contributed by atoms with Gasteiger partial charge < -0.3 is 9.73 Å². The molecule has 0 saturated heterocycles. The molecular formula is C22H15Cl2N3O2S. The molecule has 0 bridgehead atoms. The normalized spacial score (nSPS) is 10.8. The van der Waals surface area contributed by atoms with Gasteiger partial charge in [-0.25, -0.2) is 4.98 Å². The zero-order valence-electron chi connectivity index (χ0n) is 15.7. The number of hydrogen-bond acceptors (Lipinski definition) is 4. The van der Waals surface area contributed by atoms with Gasteiger partial charge in [0.25, 0.3) is 5.91 Å². The highest BCUT2D eigenvalue weighted by Crippen LogP contribution is 2.32. The van der Waals surface area contributed by atoms with Gasteiger partial charge in [0.15, 0.2) is 10.7 Å². The first kappa shape index (κ1) is 20.3. The van der Waals surface area contributed by atoms with Gasteiger partial charge in [-0.3, -0.25) is 10.1 Å². The lowest BCUT2D eigenvalue weighted by Gasteiger charge is -2.11. The van der Waals surface area contributed by atoms with Crippen LogP contribution in [-0.4, -0.2) is 16.0 Å². The van der Waals surface area contributed by atoms with E-state index >= 15 is 0 Å². The molecule has 0 atom stereocenters. The second-order valence-corrected chi connectivity index (χ2v) is 7.81. The third-order valence-corrected chi connectivity index (χ3v) is 5.10. The minimum absolute atomic E-state index is 0.188. The molecule has 0 fully saturated rings. The highest BCUT2D eigenvalue weighted by atomic mass is 35.5. The zero-order chi connectivity index (χ0) is 21.3. The van der Waals surface area contributed by atoms with Crippen LogP contribution in [0.25, 0.3) is 22.6 Å². The molecule has 3 aromatic carbocycles. The second-order valence-electron chi connectivity index (χ2n) is 6.56. The number of nitrogens with one attached hydrogen (secondary N) is 2. The number of carbonyl (C=O) groups excluding carboxylic acids is 1. The van der Waals surface area contributed by atoms with E-state index in [2.05, 4.69) is 15.6 Å². The molecule has 1 aromatic heterocycles. The molecule has 4 rings (SSSR count). The molecule has 4 aromatic rings. The molecule has 0 saturated carbocycles. The lowest BCUT2D eigenvalue weighted by molar-refractivity contribution is 0.0977. The Balaban J connectivity index is 1.52. The Kier molecular flexibility index (Phi) is 5.72. The summed E-state index contributed by atoms with van der Waals surface area (Å²) in [6.07, 6.45) is 0. The lowest BCUT2D eigenvalue weighted by Crippen LogP contribution is -2.34. The molecule has 2 N–H and O–H groups in total. The van der Waals surface area contributed by atoms with Gasteiger partial charge in [-0.1, -0.05) is 47.5 Å². The summed E-state index contributed by atoms with van der Waals surface area (Å²) < 4.78 is 5.80. The van der Waals surface area contributed by atoms with Gasteiger partial charge in [0.2, 0.25) is 5.89 Å². The molecular weight excluding hydrogens is 441 g/mol. The number of halogens is 2. The molecule has 0 aliphatic rings. The van der Waals surface area contributed by atoms with Crippen LogP contribution in [0.2, 0.25) is 10.0 Å². The predicted molar refractivity (Wildman–Crippen MR) is 124 cm³/mol. The summed E-state index contributed by atoms with van der Waals surface area (Å²) in [5, 5.41) is 6.77. The molecule has 0 radical (unpaired) electrons. The van der Waals surface area contributed by atoms with Crippen molar-refractivity contribution in [3.8, 4) is 11.5 Å². The molecule has 0 aliphatic heterocycles. The summed E-state index contributed by atoms with van der Waals surface area (Å²) in [4.78, 5) is 16.9. The Bertz CT molecular complexity index is 1290. The van der Waals surface area contributed by atoms with Gasteiger partial charge >= 0.3 is 0 Å². The van der Waals surface area contributed by atoms with Crippen molar-refractivity contribution >= 4 is 63.2 Å². The minimum Gasteiger partial charge on any atom is -0.435 e. The van der Waals surface area contributed by atoms with Crippen LogP contribution in [0.4, 0.5) is 5.69 Å². The lowest BCUT2D eigenvalue weighted by atomic mass is 10.1. The van der Waals surface area contributed by atoms with Crippen molar-refractivity contribution in [3.05, 3.63) is 81.8 Å². The largest absolute Gasteiger partial charge is 0.435 e. The van der Waals surface area contributed by atoms with E-state index in [9.17, 15) is 4.79 Å². The van der Waals surface area contributed by atoms with E-state index in [0.717, 1.165) is 11.1 Å². The van der Waals surface area contributed by atoms with E-state index in [-0.39, 0.29) is 11.0 Å². The van der Waals surface area contributed by atoms with Gasteiger partial charge in [-0.15, -0.1) is 0 Å². The zero-order valence-corrected chi connectivity index (χ0v) is 18.0. The maximum Gasteiger partial charge on any atom is 0.257 e. The molecule has 30 heavy (non-hydrogen) atoms. The Morgan fingerprint density at radius 2 is 1.87 bits per heavy atom. The fourth-order valence-electron chi connectivity index (χ4n) is 2.97. The Labute approximate surface area is 188 Å². The summed E-state index contributed by atoms with van der Waals surface area (Å²) in [5.41, 5.74) is 3.87. The predicted octanol–water partition coefficient (Wildman–Crippen LogP) is 6.24. The quantitative estimate of drug-likeness (QED) is 0.358. The molecule has 0 unspecified atom stereocenters. The second kappa shape index (κ2) is 8.44. The summed E-state index contributed by atoms with van der Waals surface area (Å²) in [5.74, 6) is 0.125. The number of carbonyl (C=O) groups is 1. The number of fused-ring (bicyclic) bond motifs is 1. The number of oxazole rings is 1. The smallest absolute Gasteiger partial charge is 0.257 e. The van der Waals surface area contributed by atoms with E-state index < -0.39 is 0 Å². The average Bonchev–Trinajstić information content (AvgIpc) is 3.13. The van der Waals surface area contributed by atoms with Crippen molar-refractivity contribution in [1.29, 1.82) is 0 Å².